The first-order valence-corrected chi connectivity index (χ1v) is 4.26. The van der Waals surface area contributed by atoms with Gasteiger partial charge in [0.25, 0.3) is 6.08 Å². The van der Waals surface area contributed by atoms with E-state index >= 15 is 0 Å². The molecule has 86 valence electrons. The lowest BCUT2D eigenvalue weighted by Gasteiger charge is -2.13. The SMILES string of the molecule is CC(C(=O)O)C(C)C(=O)OCC=C(F)F. The van der Waals surface area contributed by atoms with Crippen molar-refractivity contribution in [3.05, 3.63) is 12.2 Å². The van der Waals surface area contributed by atoms with Crippen molar-refractivity contribution in [2.75, 3.05) is 6.61 Å². The van der Waals surface area contributed by atoms with Crippen LogP contribution in [0, 0.1) is 11.8 Å². The Morgan fingerprint density at radius 2 is 1.87 bits per heavy atom. The molecular formula is C9H12F2O4. The summed E-state index contributed by atoms with van der Waals surface area (Å²) in [5.41, 5.74) is 0. The molecule has 4 nitrogen and oxygen atoms in total. The minimum atomic E-state index is -1.94. The van der Waals surface area contributed by atoms with Crippen LogP contribution in [0.15, 0.2) is 12.2 Å². The number of hydrogen-bond acceptors (Lipinski definition) is 3. The van der Waals surface area contributed by atoms with Crippen molar-refractivity contribution >= 4 is 11.9 Å². The highest BCUT2D eigenvalue weighted by Gasteiger charge is 2.26. The van der Waals surface area contributed by atoms with E-state index in [9.17, 15) is 18.4 Å². The Labute approximate surface area is 85.5 Å². The molecule has 15 heavy (non-hydrogen) atoms. The van der Waals surface area contributed by atoms with E-state index in [-0.39, 0.29) is 0 Å². The van der Waals surface area contributed by atoms with Gasteiger partial charge in [0.2, 0.25) is 0 Å². The summed E-state index contributed by atoms with van der Waals surface area (Å²) in [5, 5.41) is 8.58. The highest BCUT2D eigenvalue weighted by molar-refractivity contribution is 5.80. The van der Waals surface area contributed by atoms with Gasteiger partial charge >= 0.3 is 11.9 Å². The van der Waals surface area contributed by atoms with Crippen molar-refractivity contribution in [3.63, 3.8) is 0 Å². The van der Waals surface area contributed by atoms with Crippen LogP contribution in [0.5, 0.6) is 0 Å². The topological polar surface area (TPSA) is 63.6 Å². The highest BCUT2D eigenvalue weighted by Crippen LogP contribution is 2.13. The van der Waals surface area contributed by atoms with Crippen molar-refractivity contribution in [1.82, 2.24) is 0 Å². The first kappa shape index (κ1) is 13.5. The molecule has 0 radical (unpaired) electrons. The zero-order valence-corrected chi connectivity index (χ0v) is 8.37. The largest absolute Gasteiger partial charge is 0.481 e. The second-order valence-electron chi connectivity index (χ2n) is 3.04. The Hall–Kier alpha value is -1.46. The molecule has 0 aromatic rings. The number of halogens is 2. The monoisotopic (exact) mass is 222 g/mol. The van der Waals surface area contributed by atoms with E-state index in [1.165, 1.54) is 13.8 Å². The van der Waals surface area contributed by atoms with Crippen molar-refractivity contribution < 1.29 is 28.2 Å². The van der Waals surface area contributed by atoms with Crippen LogP contribution in [-0.2, 0) is 14.3 Å². The van der Waals surface area contributed by atoms with Gasteiger partial charge in [-0.05, 0) is 0 Å². The molecule has 0 bridgehead atoms. The number of carboxylic acids is 1. The van der Waals surface area contributed by atoms with Gasteiger partial charge < -0.3 is 9.84 Å². The molecule has 0 fully saturated rings. The standard InChI is InChI=1S/C9H12F2O4/c1-5(8(12)13)6(2)9(14)15-4-3-7(10)11/h3,5-6H,4H2,1-2H3,(H,12,13). The predicted octanol–water partition coefficient (Wildman–Crippen LogP) is 1.67. The molecule has 0 aliphatic rings. The summed E-state index contributed by atoms with van der Waals surface area (Å²) in [4.78, 5) is 21.6. The van der Waals surface area contributed by atoms with E-state index in [0.717, 1.165) is 0 Å². The number of hydrogen-bond donors (Lipinski definition) is 1. The number of ether oxygens (including phenoxy) is 1. The van der Waals surface area contributed by atoms with Gasteiger partial charge in [0.15, 0.2) is 0 Å². The van der Waals surface area contributed by atoms with Crippen molar-refractivity contribution in [2.45, 2.75) is 13.8 Å². The van der Waals surface area contributed by atoms with Crippen LogP contribution in [0.3, 0.4) is 0 Å². The second-order valence-corrected chi connectivity index (χ2v) is 3.04. The Morgan fingerprint density at radius 3 is 2.27 bits per heavy atom. The minimum Gasteiger partial charge on any atom is -0.481 e. The Kier molecular flexibility index (Phi) is 5.51. The molecule has 0 amide bonds. The van der Waals surface area contributed by atoms with Crippen LogP contribution in [0.25, 0.3) is 0 Å². The summed E-state index contributed by atoms with van der Waals surface area (Å²) in [5.74, 6) is -3.70. The predicted molar refractivity (Wildman–Crippen MR) is 47.2 cm³/mol. The minimum absolute atomic E-state index is 0.441. The van der Waals surface area contributed by atoms with Gasteiger partial charge in [0.05, 0.1) is 11.8 Å². The third kappa shape index (κ3) is 5.09. The van der Waals surface area contributed by atoms with E-state index in [1.807, 2.05) is 0 Å². The molecule has 0 aromatic carbocycles. The Balaban J connectivity index is 4.11. The molecule has 0 spiro atoms. The van der Waals surface area contributed by atoms with Crippen molar-refractivity contribution in [1.29, 1.82) is 0 Å². The number of carbonyl (C=O) groups is 2. The lowest BCUT2D eigenvalue weighted by atomic mass is 9.96. The lowest BCUT2D eigenvalue weighted by molar-refractivity contribution is -0.155. The molecule has 1 N–H and O–H groups in total. The zero-order chi connectivity index (χ0) is 12.0. The van der Waals surface area contributed by atoms with Gasteiger partial charge in [-0.15, -0.1) is 0 Å². The van der Waals surface area contributed by atoms with E-state index in [4.69, 9.17) is 5.11 Å². The first-order valence-electron chi connectivity index (χ1n) is 4.26. The highest BCUT2D eigenvalue weighted by atomic mass is 19.3. The Morgan fingerprint density at radius 1 is 1.33 bits per heavy atom. The molecular weight excluding hydrogens is 210 g/mol. The summed E-state index contributed by atoms with van der Waals surface area (Å²) in [6.45, 7) is 2.17. The summed E-state index contributed by atoms with van der Waals surface area (Å²) < 4.78 is 27.5. The number of rotatable bonds is 5. The second kappa shape index (κ2) is 6.10. The fraction of sp³-hybridized carbons (Fsp3) is 0.556. The van der Waals surface area contributed by atoms with Crippen LogP contribution in [-0.4, -0.2) is 23.7 Å². The van der Waals surface area contributed by atoms with Gasteiger partial charge in [-0.2, -0.15) is 8.78 Å². The molecule has 0 aliphatic heterocycles. The third-order valence-electron chi connectivity index (χ3n) is 1.97. The fourth-order valence-corrected chi connectivity index (χ4v) is 0.736. The molecule has 0 saturated heterocycles. The van der Waals surface area contributed by atoms with Gasteiger partial charge in [-0.25, -0.2) is 0 Å². The van der Waals surface area contributed by atoms with Crippen LogP contribution in [0.4, 0.5) is 8.78 Å². The van der Waals surface area contributed by atoms with Crippen molar-refractivity contribution in [2.24, 2.45) is 11.8 Å². The normalized spacial score (nSPS) is 13.9. The first-order chi connectivity index (χ1) is 6.86. The van der Waals surface area contributed by atoms with Crippen LogP contribution < -0.4 is 0 Å². The summed E-state index contributed by atoms with van der Waals surface area (Å²) in [6, 6.07) is 0. The van der Waals surface area contributed by atoms with E-state index in [2.05, 4.69) is 4.74 Å². The van der Waals surface area contributed by atoms with Crippen LogP contribution in [0.2, 0.25) is 0 Å². The Bertz CT molecular complexity index is 271. The number of aliphatic carboxylic acids is 1. The smallest absolute Gasteiger partial charge is 0.309 e. The van der Waals surface area contributed by atoms with Gasteiger partial charge in [-0.3, -0.25) is 9.59 Å². The lowest BCUT2D eigenvalue weighted by Crippen LogP contribution is -2.26. The van der Waals surface area contributed by atoms with E-state index in [1.54, 1.807) is 0 Å². The fourth-order valence-electron chi connectivity index (χ4n) is 0.736. The molecule has 2 atom stereocenters. The molecule has 6 heteroatoms. The van der Waals surface area contributed by atoms with Gasteiger partial charge in [0, 0.05) is 6.08 Å². The van der Waals surface area contributed by atoms with Gasteiger partial charge in [0.1, 0.15) is 6.61 Å². The van der Waals surface area contributed by atoms with Crippen LogP contribution >= 0.6 is 0 Å². The summed E-state index contributed by atoms with van der Waals surface area (Å²) >= 11 is 0. The number of carboxylic acid groups (broad SMARTS) is 1. The maximum Gasteiger partial charge on any atom is 0.309 e. The zero-order valence-electron chi connectivity index (χ0n) is 8.37. The van der Waals surface area contributed by atoms with Gasteiger partial charge in [-0.1, -0.05) is 13.8 Å². The number of carbonyl (C=O) groups excluding carboxylic acids is 1. The molecule has 0 saturated carbocycles. The molecule has 0 rings (SSSR count). The van der Waals surface area contributed by atoms with E-state index in [0.29, 0.717) is 6.08 Å². The molecule has 2 unspecified atom stereocenters. The molecule has 0 heterocycles. The van der Waals surface area contributed by atoms with Crippen molar-refractivity contribution in [3.8, 4) is 0 Å². The number of esters is 1. The molecule has 0 aliphatic carbocycles. The quantitative estimate of drug-likeness (QED) is 0.718. The molecule has 0 aromatic heterocycles. The van der Waals surface area contributed by atoms with Crippen LogP contribution in [0.1, 0.15) is 13.8 Å². The van der Waals surface area contributed by atoms with E-state index < -0.39 is 36.5 Å². The maximum atomic E-state index is 11.5. The summed E-state index contributed by atoms with van der Waals surface area (Å²) in [6.07, 6.45) is -1.50. The average Bonchev–Trinajstić information content (AvgIpc) is 2.14. The average molecular weight is 222 g/mol. The third-order valence-corrected chi connectivity index (χ3v) is 1.97. The summed E-state index contributed by atoms with van der Waals surface area (Å²) in [7, 11) is 0. The maximum absolute atomic E-state index is 11.5.